The molecule has 0 radical (unpaired) electrons. The normalized spacial score (nSPS) is 15.2. The largest absolute Gasteiger partial charge is 0.462 e. The highest BCUT2D eigenvalue weighted by molar-refractivity contribution is 7.14. The Bertz CT molecular complexity index is 871. The average Bonchev–Trinajstić information content (AvgIpc) is 3.35. The number of hydrogen-bond acceptors (Lipinski definition) is 5. The Morgan fingerprint density at radius 1 is 1.19 bits per heavy atom. The third-order valence-electron chi connectivity index (χ3n) is 4.40. The molecule has 0 saturated carbocycles. The molecule has 1 N–H and O–H groups in total. The zero-order chi connectivity index (χ0) is 17.9. The Balaban J connectivity index is 1.33. The fourth-order valence-electron chi connectivity index (χ4n) is 2.96. The molecule has 0 unspecified atom stereocenters. The molecule has 2 amide bonds. The summed E-state index contributed by atoms with van der Waals surface area (Å²) in [6.07, 6.45) is 3.29. The van der Waals surface area contributed by atoms with E-state index < -0.39 is 0 Å². The minimum Gasteiger partial charge on any atom is -0.462 e. The smallest absolute Gasteiger partial charge is 0.321 e. The number of hydrogen-bond donors (Lipinski definition) is 1. The lowest BCUT2D eigenvalue weighted by Gasteiger charge is -2.30. The number of nitrogens with one attached hydrogen (secondary N) is 1. The van der Waals surface area contributed by atoms with Crippen molar-refractivity contribution in [3.05, 3.63) is 53.5 Å². The van der Waals surface area contributed by atoms with E-state index in [0.29, 0.717) is 24.7 Å². The molecule has 1 aliphatic rings. The van der Waals surface area contributed by atoms with Crippen LogP contribution in [-0.2, 0) is 0 Å². The van der Waals surface area contributed by atoms with E-state index in [1.54, 1.807) is 34.6 Å². The highest BCUT2D eigenvalue weighted by Crippen LogP contribution is 2.33. The number of halogens is 1. The van der Waals surface area contributed by atoms with Gasteiger partial charge in [0, 0.05) is 24.7 Å². The monoisotopic (exact) mass is 372 g/mol. The van der Waals surface area contributed by atoms with Crippen molar-refractivity contribution in [1.29, 1.82) is 0 Å². The standard InChI is InChI=1S/C18H17FN4O2S/c19-13-3-5-14(6-4-13)20-18(24)23-9-7-12(8-10-23)16-21-22-17(26-16)15-2-1-11-25-15/h1-6,11-12H,7-10H2,(H,20,24). The predicted molar refractivity (Wildman–Crippen MR) is 96.6 cm³/mol. The van der Waals surface area contributed by atoms with Crippen molar-refractivity contribution in [2.24, 2.45) is 0 Å². The molecule has 3 heterocycles. The van der Waals surface area contributed by atoms with Gasteiger partial charge in [0.05, 0.1) is 6.26 Å². The fourth-order valence-corrected chi connectivity index (χ4v) is 3.95. The Morgan fingerprint density at radius 3 is 2.65 bits per heavy atom. The van der Waals surface area contributed by atoms with Crippen LogP contribution in [0, 0.1) is 5.82 Å². The molecule has 1 aliphatic heterocycles. The molecule has 0 aliphatic carbocycles. The number of piperidine rings is 1. The molecule has 1 fully saturated rings. The molecule has 6 nitrogen and oxygen atoms in total. The van der Waals surface area contributed by atoms with E-state index in [9.17, 15) is 9.18 Å². The van der Waals surface area contributed by atoms with Crippen LogP contribution in [0.2, 0.25) is 0 Å². The zero-order valence-corrected chi connectivity index (χ0v) is 14.7. The Labute approximate surface area is 153 Å². The van der Waals surface area contributed by atoms with Crippen LogP contribution in [0.3, 0.4) is 0 Å². The van der Waals surface area contributed by atoms with Gasteiger partial charge in [0.25, 0.3) is 0 Å². The van der Waals surface area contributed by atoms with Gasteiger partial charge in [-0.2, -0.15) is 0 Å². The summed E-state index contributed by atoms with van der Waals surface area (Å²) in [7, 11) is 0. The van der Waals surface area contributed by atoms with Crippen LogP contribution in [0.15, 0.2) is 47.1 Å². The summed E-state index contributed by atoms with van der Waals surface area (Å²) in [6.45, 7) is 1.29. The topological polar surface area (TPSA) is 71.3 Å². The molecule has 4 rings (SSSR count). The number of furan rings is 1. The molecule has 1 aromatic carbocycles. The van der Waals surface area contributed by atoms with Gasteiger partial charge in [0.2, 0.25) is 0 Å². The number of carbonyl (C=O) groups is 1. The number of urea groups is 1. The van der Waals surface area contributed by atoms with E-state index in [0.717, 1.165) is 28.6 Å². The minimum atomic E-state index is -0.324. The number of anilines is 1. The number of benzene rings is 1. The fraction of sp³-hybridized carbons (Fsp3) is 0.278. The van der Waals surface area contributed by atoms with Gasteiger partial charge < -0.3 is 14.6 Å². The van der Waals surface area contributed by atoms with Crippen LogP contribution < -0.4 is 5.32 Å². The molecular formula is C18H17FN4O2S. The number of carbonyl (C=O) groups excluding carboxylic acids is 1. The van der Waals surface area contributed by atoms with Gasteiger partial charge in [0.15, 0.2) is 10.8 Å². The Morgan fingerprint density at radius 2 is 1.96 bits per heavy atom. The first kappa shape index (κ1) is 16.7. The molecule has 26 heavy (non-hydrogen) atoms. The van der Waals surface area contributed by atoms with Crippen LogP contribution in [-0.4, -0.2) is 34.2 Å². The van der Waals surface area contributed by atoms with Gasteiger partial charge in [0.1, 0.15) is 10.8 Å². The molecule has 0 spiro atoms. The summed E-state index contributed by atoms with van der Waals surface area (Å²) in [5.41, 5.74) is 0.589. The maximum atomic E-state index is 12.9. The second-order valence-electron chi connectivity index (χ2n) is 6.12. The number of nitrogens with zero attached hydrogens (tertiary/aromatic N) is 3. The highest BCUT2D eigenvalue weighted by atomic mass is 32.1. The van der Waals surface area contributed by atoms with E-state index in [1.807, 2.05) is 12.1 Å². The van der Waals surface area contributed by atoms with Crippen molar-refractivity contribution in [1.82, 2.24) is 15.1 Å². The van der Waals surface area contributed by atoms with Crippen molar-refractivity contribution < 1.29 is 13.6 Å². The lowest BCUT2D eigenvalue weighted by molar-refractivity contribution is 0.194. The number of amides is 2. The third kappa shape index (κ3) is 3.60. The quantitative estimate of drug-likeness (QED) is 0.742. The summed E-state index contributed by atoms with van der Waals surface area (Å²) in [5, 5.41) is 13.1. The Hall–Kier alpha value is -2.74. The van der Waals surface area contributed by atoms with Gasteiger partial charge in [-0.05, 0) is 49.2 Å². The number of rotatable bonds is 3. The summed E-state index contributed by atoms with van der Waals surface area (Å²) in [4.78, 5) is 14.1. The van der Waals surface area contributed by atoms with Crippen molar-refractivity contribution >= 4 is 23.1 Å². The van der Waals surface area contributed by atoms with Gasteiger partial charge in [-0.15, -0.1) is 10.2 Å². The summed E-state index contributed by atoms with van der Waals surface area (Å²) >= 11 is 1.54. The maximum absolute atomic E-state index is 12.9. The molecule has 3 aromatic rings. The number of aromatic nitrogens is 2. The van der Waals surface area contributed by atoms with Gasteiger partial charge in [-0.1, -0.05) is 11.3 Å². The lowest BCUT2D eigenvalue weighted by atomic mass is 9.98. The first-order valence-corrected chi connectivity index (χ1v) is 9.19. The van der Waals surface area contributed by atoms with Gasteiger partial charge in [-0.3, -0.25) is 0 Å². The van der Waals surface area contributed by atoms with Gasteiger partial charge in [-0.25, -0.2) is 9.18 Å². The molecule has 0 atom stereocenters. The first-order valence-electron chi connectivity index (χ1n) is 8.38. The van der Waals surface area contributed by atoms with Gasteiger partial charge >= 0.3 is 6.03 Å². The lowest BCUT2D eigenvalue weighted by Crippen LogP contribution is -2.40. The van der Waals surface area contributed by atoms with Crippen LogP contribution in [0.4, 0.5) is 14.9 Å². The maximum Gasteiger partial charge on any atom is 0.321 e. The summed E-state index contributed by atoms with van der Waals surface area (Å²) in [6, 6.07) is 9.29. The molecule has 0 bridgehead atoms. The van der Waals surface area contributed by atoms with E-state index >= 15 is 0 Å². The number of likely N-dealkylation sites (tertiary alicyclic amines) is 1. The SMILES string of the molecule is O=C(Nc1ccc(F)cc1)N1CCC(c2nnc(-c3ccco3)s2)CC1. The van der Waals surface area contributed by atoms with Crippen LogP contribution in [0.5, 0.6) is 0 Å². The third-order valence-corrected chi connectivity index (χ3v) is 5.50. The molecule has 8 heteroatoms. The Kier molecular flexibility index (Phi) is 4.66. The minimum absolute atomic E-state index is 0.163. The summed E-state index contributed by atoms with van der Waals surface area (Å²) < 4.78 is 18.3. The van der Waals surface area contributed by atoms with Crippen molar-refractivity contribution in [2.45, 2.75) is 18.8 Å². The van der Waals surface area contributed by atoms with Crippen molar-refractivity contribution in [3.63, 3.8) is 0 Å². The van der Waals surface area contributed by atoms with Crippen LogP contribution >= 0.6 is 11.3 Å². The van der Waals surface area contributed by atoms with E-state index in [4.69, 9.17) is 4.42 Å². The molecule has 2 aromatic heterocycles. The van der Waals surface area contributed by atoms with E-state index in [1.165, 1.54) is 12.1 Å². The first-order chi connectivity index (χ1) is 12.7. The second-order valence-corrected chi connectivity index (χ2v) is 7.13. The average molecular weight is 372 g/mol. The summed E-state index contributed by atoms with van der Waals surface area (Å²) in [5.74, 6) is 0.700. The van der Waals surface area contributed by atoms with Crippen LogP contribution in [0.25, 0.3) is 10.8 Å². The van der Waals surface area contributed by atoms with E-state index in [-0.39, 0.29) is 11.8 Å². The second kappa shape index (κ2) is 7.25. The molecule has 134 valence electrons. The molecule has 1 saturated heterocycles. The van der Waals surface area contributed by atoms with Crippen LogP contribution in [0.1, 0.15) is 23.8 Å². The highest BCUT2D eigenvalue weighted by Gasteiger charge is 2.26. The van der Waals surface area contributed by atoms with Crippen molar-refractivity contribution in [3.8, 4) is 10.8 Å². The predicted octanol–water partition coefficient (Wildman–Crippen LogP) is 4.35. The van der Waals surface area contributed by atoms with E-state index in [2.05, 4.69) is 15.5 Å². The zero-order valence-electron chi connectivity index (χ0n) is 13.9. The molecular weight excluding hydrogens is 355 g/mol. The van der Waals surface area contributed by atoms with Crippen molar-refractivity contribution in [2.75, 3.05) is 18.4 Å².